The number of nitrogens with one attached hydrogen (secondary N) is 1. The van der Waals surface area contributed by atoms with Crippen molar-refractivity contribution in [2.75, 3.05) is 13.1 Å². The van der Waals surface area contributed by atoms with Crippen molar-refractivity contribution in [1.82, 2.24) is 24.4 Å². The van der Waals surface area contributed by atoms with Crippen LogP contribution in [0, 0.1) is 0 Å². The molecule has 1 aromatic carbocycles. The highest BCUT2D eigenvalue weighted by atomic mass is 32.2. The maximum atomic E-state index is 12.8. The number of aromatic nitrogens is 3. The first-order valence-electron chi connectivity index (χ1n) is 9.30. The summed E-state index contributed by atoms with van der Waals surface area (Å²) in [5, 5.41) is 8.56. The van der Waals surface area contributed by atoms with Gasteiger partial charge < -0.3 is 5.32 Å². The number of nitrogens with zero attached hydrogens (tertiary/aromatic N) is 4. The van der Waals surface area contributed by atoms with Crippen LogP contribution in [0.4, 0.5) is 0 Å². The topological polar surface area (TPSA) is 97.2 Å². The molecule has 1 saturated heterocycles. The summed E-state index contributed by atoms with van der Waals surface area (Å²) in [6.45, 7) is 1.98. The van der Waals surface area contributed by atoms with E-state index < -0.39 is 10.0 Å². The molecular formula is C19H21N5O3S2. The molecule has 0 saturated carbocycles. The van der Waals surface area contributed by atoms with Gasteiger partial charge in [-0.1, -0.05) is 24.3 Å². The van der Waals surface area contributed by atoms with Crippen LogP contribution in [-0.4, -0.2) is 46.5 Å². The van der Waals surface area contributed by atoms with E-state index in [1.807, 2.05) is 24.3 Å². The molecule has 0 spiro atoms. The van der Waals surface area contributed by atoms with Crippen molar-refractivity contribution in [3.63, 3.8) is 0 Å². The van der Waals surface area contributed by atoms with E-state index in [1.54, 1.807) is 16.4 Å². The van der Waals surface area contributed by atoms with Gasteiger partial charge in [-0.25, -0.2) is 18.1 Å². The zero-order valence-corrected chi connectivity index (χ0v) is 17.3. The van der Waals surface area contributed by atoms with Crippen LogP contribution < -0.4 is 5.32 Å². The van der Waals surface area contributed by atoms with Gasteiger partial charge in [-0.2, -0.15) is 9.40 Å². The molecule has 0 unspecified atom stereocenters. The van der Waals surface area contributed by atoms with Gasteiger partial charge in [-0.15, -0.1) is 11.3 Å². The molecule has 1 aliphatic rings. The third kappa shape index (κ3) is 4.39. The summed E-state index contributed by atoms with van der Waals surface area (Å²) in [5.74, 6) is -0.371. The van der Waals surface area contributed by atoms with Crippen LogP contribution in [0.1, 0.15) is 33.6 Å². The van der Waals surface area contributed by atoms with Gasteiger partial charge in [0, 0.05) is 19.6 Å². The Bertz CT molecular complexity index is 1070. The van der Waals surface area contributed by atoms with Crippen LogP contribution >= 0.6 is 11.3 Å². The van der Waals surface area contributed by atoms with Crippen LogP contribution in [0.2, 0.25) is 0 Å². The number of rotatable bonds is 7. The molecule has 29 heavy (non-hydrogen) atoms. The third-order valence-electron chi connectivity index (χ3n) is 4.81. The zero-order valence-electron chi connectivity index (χ0n) is 15.7. The van der Waals surface area contributed by atoms with Crippen LogP contribution in [0.15, 0.2) is 53.3 Å². The zero-order chi connectivity index (χ0) is 20.3. The van der Waals surface area contributed by atoms with E-state index in [-0.39, 0.29) is 15.7 Å². The maximum absolute atomic E-state index is 12.8. The minimum absolute atomic E-state index is 0.102. The Labute approximate surface area is 173 Å². The summed E-state index contributed by atoms with van der Waals surface area (Å²) in [7, 11) is -3.61. The largest absolute Gasteiger partial charge is 0.347 e. The summed E-state index contributed by atoms with van der Waals surface area (Å²) < 4.78 is 28.8. The monoisotopic (exact) mass is 431 g/mol. The van der Waals surface area contributed by atoms with E-state index in [0.717, 1.165) is 35.3 Å². The van der Waals surface area contributed by atoms with E-state index in [0.29, 0.717) is 26.2 Å². The van der Waals surface area contributed by atoms with Crippen LogP contribution in [-0.2, 0) is 23.1 Å². The molecule has 0 aliphatic carbocycles. The standard InChI is InChI=1S/C19H21N5O3S2/c25-19(18-17(7-10-28-18)29(26,27)24-8-1-2-9-24)21-11-15-3-5-16(6-4-15)12-23-14-20-13-22-23/h3-7,10,13-14H,1-2,8-9,11-12H2,(H,21,25). The summed E-state index contributed by atoms with van der Waals surface area (Å²) in [5.41, 5.74) is 2.00. The van der Waals surface area contributed by atoms with Gasteiger partial charge in [0.1, 0.15) is 22.4 Å². The van der Waals surface area contributed by atoms with Crippen LogP contribution in [0.5, 0.6) is 0 Å². The number of sulfonamides is 1. The minimum atomic E-state index is -3.61. The summed E-state index contributed by atoms with van der Waals surface area (Å²) in [6.07, 6.45) is 4.87. The maximum Gasteiger partial charge on any atom is 0.263 e. The van der Waals surface area contributed by atoms with Gasteiger partial charge >= 0.3 is 0 Å². The highest BCUT2D eigenvalue weighted by Gasteiger charge is 2.31. The molecule has 0 radical (unpaired) electrons. The third-order valence-corrected chi connectivity index (χ3v) is 7.79. The molecular weight excluding hydrogens is 410 g/mol. The fourth-order valence-electron chi connectivity index (χ4n) is 3.26. The molecule has 3 heterocycles. The van der Waals surface area contributed by atoms with Crippen molar-refractivity contribution in [3.05, 3.63) is 64.4 Å². The van der Waals surface area contributed by atoms with E-state index in [4.69, 9.17) is 0 Å². The van der Waals surface area contributed by atoms with Crippen molar-refractivity contribution in [1.29, 1.82) is 0 Å². The number of thiophene rings is 1. The number of hydrogen-bond donors (Lipinski definition) is 1. The Morgan fingerprint density at radius 3 is 2.52 bits per heavy atom. The Hall–Kier alpha value is -2.56. The van der Waals surface area contributed by atoms with Gasteiger partial charge in [0.2, 0.25) is 10.0 Å². The Balaban J connectivity index is 1.40. The molecule has 4 rings (SSSR count). The van der Waals surface area contributed by atoms with E-state index in [1.165, 1.54) is 16.7 Å². The normalized spacial score (nSPS) is 14.9. The molecule has 2 aromatic heterocycles. The van der Waals surface area contributed by atoms with Crippen molar-refractivity contribution in [3.8, 4) is 0 Å². The van der Waals surface area contributed by atoms with Gasteiger partial charge in [-0.05, 0) is 35.4 Å². The average Bonchev–Trinajstić information content (AvgIpc) is 3.49. The lowest BCUT2D eigenvalue weighted by molar-refractivity contribution is 0.0952. The van der Waals surface area contributed by atoms with E-state index >= 15 is 0 Å². The van der Waals surface area contributed by atoms with Crippen molar-refractivity contribution < 1.29 is 13.2 Å². The highest BCUT2D eigenvalue weighted by molar-refractivity contribution is 7.89. The molecule has 8 nitrogen and oxygen atoms in total. The van der Waals surface area contributed by atoms with E-state index in [2.05, 4.69) is 15.4 Å². The lowest BCUT2D eigenvalue weighted by atomic mass is 10.1. The van der Waals surface area contributed by atoms with Crippen molar-refractivity contribution in [2.24, 2.45) is 0 Å². The average molecular weight is 432 g/mol. The lowest BCUT2D eigenvalue weighted by Gasteiger charge is -2.15. The Kier molecular flexibility index (Phi) is 5.74. The molecule has 1 fully saturated rings. The molecule has 1 aliphatic heterocycles. The predicted molar refractivity (Wildman–Crippen MR) is 109 cm³/mol. The first kappa shape index (κ1) is 19.7. The fraction of sp³-hybridized carbons (Fsp3) is 0.316. The predicted octanol–water partition coefficient (Wildman–Crippen LogP) is 2.10. The smallest absolute Gasteiger partial charge is 0.263 e. The number of carbonyl (C=O) groups is 1. The Morgan fingerprint density at radius 2 is 1.83 bits per heavy atom. The highest BCUT2D eigenvalue weighted by Crippen LogP contribution is 2.27. The second kappa shape index (κ2) is 8.44. The van der Waals surface area contributed by atoms with E-state index in [9.17, 15) is 13.2 Å². The lowest BCUT2D eigenvalue weighted by Crippen LogP contribution is -2.30. The summed E-state index contributed by atoms with van der Waals surface area (Å²) in [6, 6.07) is 9.33. The van der Waals surface area contributed by atoms with Crippen LogP contribution in [0.25, 0.3) is 0 Å². The number of benzene rings is 1. The summed E-state index contributed by atoms with van der Waals surface area (Å²) in [4.78, 5) is 16.9. The molecule has 0 atom stereocenters. The van der Waals surface area contributed by atoms with Crippen LogP contribution in [0.3, 0.4) is 0 Å². The quantitative estimate of drug-likeness (QED) is 0.618. The molecule has 3 aromatic rings. The van der Waals surface area contributed by atoms with Gasteiger partial charge in [0.25, 0.3) is 5.91 Å². The second-order valence-electron chi connectivity index (χ2n) is 6.82. The minimum Gasteiger partial charge on any atom is -0.347 e. The Morgan fingerprint density at radius 1 is 1.10 bits per heavy atom. The fourth-order valence-corrected chi connectivity index (χ4v) is 6.09. The van der Waals surface area contributed by atoms with Gasteiger partial charge in [-0.3, -0.25) is 4.79 Å². The molecule has 152 valence electrons. The molecule has 10 heteroatoms. The molecule has 0 bridgehead atoms. The van der Waals surface area contributed by atoms with Crippen molar-refractivity contribution >= 4 is 27.3 Å². The first-order chi connectivity index (χ1) is 14.0. The first-order valence-corrected chi connectivity index (χ1v) is 11.6. The molecule has 1 amide bonds. The van der Waals surface area contributed by atoms with Gasteiger partial charge in [0.15, 0.2) is 0 Å². The number of amides is 1. The summed E-state index contributed by atoms with van der Waals surface area (Å²) >= 11 is 1.15. The second-order valence-corrected chi connectivity index (χ2v) is 9.64. The SMILES string of the molecule is O=C(NCc1ccc(Cn2cncn2)cc1)c1sccc1S(=O)(=O)N1CCCC1. The number of carbonyl (C=O) groups excluding carboxylic acids is 1. The van der Waals surface area contributed by atoms with Gasteiger partial charge in [0.05, 0.1) is 6.54 Å². The number of hydrogen-bond acceptors (Lipinski definition) is 6. The van der Waals surface area contributed by atoms with Crippen molar-refractivity contribution in [2.45, 2.75) is 30.8 Å². The molecule has 1 N–H and O–H groups in total.